The summed E-state index contributed by atoms with van der Waals surface area (Å²) in [4.78, 5) is 4.49. The smallest absolute Gasteiger partial charge is 0.203 e. The molecule has 2 rings (SSSR count). The van der Waals surface area contributed by atoms with E-state index in [4.69, 9.17) is 4.74 Å². The quantitative estimate of drug-likeness (QED) is 0.867. The Morgan fingerprint density at radius 3 is 2.63 bits per heavy atom. The first kappa shape index (κ1) is 13.6. The molecule has 1 aromatic heterocycles. The Balaban J connectivity index is 2.00. The van der Waals surface area contributed by atoms with Gasteiger partial charge < -0.3 is 14.6 Å². The van der Waals surface area contributed by atoms with Gasteiger partial charge in [0.15, 0.2) is 0 Å². The molecule has 0 atom stereocenters. The average Bonchev–Trinajstić information content (AvgIpc) is 2.76. The van der Waals surface area contributed by atoms with Crippen LogP contribution >= 0.6 is 0 Å². The normalized spacial score (nSPS) is 10.7. The predicted octanol–water partition coefficient (Wildman–Crippen LogP) is 2.76. The van der Waals surface area contributed by atoms with Gasteiger partial charge in [-0.1, -0.05) is 29.8 Å². The van der Waals surface area contributed by atoms with Crippen LogP contribution in [-0.2, 0) is 17.8 Å². The van der Waals surface area contributed by atoms with Gasteiger partial charge in [0.1, 0.15) is 0 Å². The number of aromatic nitrogens is 2. The van der Waals surface area contributed by atoms with Crippen LogP contribution in [0.4, 0.5) is 5.95 Å². The Morgan fingerprint density at radius 1 is 1.21 bits per heavy atom. The molecular formula is C15H21N3O. The summed E-state index contributed by atoms with van der Waals surface area (Å²) in [6.07, 6.45) is 2.04. The summed E-state index contributed by atoms with van der Waals surface area (Å²) in [6, 6.07) is 8.52. The van der Waals surface area contributed by atoms with E-state index in [1.165, 1.54) is 11.1 Å². The molecule has 19 heavy (non-hydrogen) atoms. The maximum Gasteiger partial charge on any atom is 0.203 e. The Hall–Kier alpha value is -1.81. The Kier molecular flexibility index (Phi) is 4.58. The Labute approximate surface area is 114 Å². The molecule has 0 spiro atoms. The lowest BCUT2D eigenvalue weighted by Crippen LogP contribution is -2.10. The van der Waals surface area contributed by atoms with Crippen molar-refractivity contribution in [3.8, 4) is 0 Å². The first-order chi connectivity index (χ1) is 9.19. The highest BCUT2D eigenvalue weighted by Gasteiger charge is 2.04. The van der Waals surface area contributed by atoms with E-state index in [0.717, 1.165) is 24.7 Å². The fraction of sp³-hybridized carbons (Fsp3) is 0.400. The number of methoxy groups -OCH3 is 1. The van der Waals surface area contributed by atoms with E-state index in [1.807, 2.05) is 13.1 Å². The molecule has 0 bridgehead atoms. The summed E-state index contributed by atoms with van der Waals surface area (Å²) in [6.45, 7) is 6.38. The van der Waals surface area contributed by atoms with Crippen LogP contribution in [0.1, 0.15) is 16.8 Å². The third-order valence-electron chi connectivity index (χ3n) is 3.00. The van der Waals surface area contributed by atoms with Gasteiger partial charge in [-0.15, -0.1) is 0 Å². The van der Waals surface area contributed by atoms with Crippen molar-refractivity contribution >= 4 is 5.95 Å². The van der Waals surface area contributed by atoms with E-state index in [0.29, 0.717) is 6.61 Å². The van der Waals surface area contributed by atoms with Crippen molar-refractivity contribution in [3.05, 3.63) is 47.3 Å². The minimum absolute atomic E-state index is 0.689. The third kappa shape index (κ3) is 3.83. The zero-order valence-corrected chi connectivity index (χ0v) is 11.8. The Bertz CT molecular complexity index is 517. The predicted molar refractivity (Wildman–Crippen MR) is 77.3 cm³/mol. The molecule has 0 unspecified atom stereocenters. The summed E-state index contributed by atoms with van der Waals surface area (Å²) in [5.41, 5.74) is 3.55. The highest BCUT2D eigenvalue weighted by atomic mass is 16.5. The second-order valence-electron chi connectivity index (χ2n) is 4.73. The molecule has 0 aliphatic carbocycles. The first-order valence-corrected chi connectivity index (χ1v) is 6.51. The second-order valence-corrected chi connectivity index (χ2v) is 4.73. The molecular weight excluding hydrogens is 238 g/mol. The maximum atomic E-state index is 5.11. The van der Waals surface area contributed by atoms with E-state index >= 15 is 0 Å². The molecule has 0 saturated heterocycles. The molecule has 0 radical (unpaired) electrons. The molecule has 0 aliphatic heterocycles. The lowest BCUT2D eigenvalue weighted by atomic mass is 10.1. The molecule has 0 saturated carbocycles. The number of rotatable bonds is 6. The summed E-state index contributed by atoms with van der Waals surface area (Å²) in [5, 5.41) is 3.38. The fourth-order valence-corrected chi connectivity index (χ4v) is 1.94. The van der Waals surface area contributed by atoms with Crippen LogP contribution in [0.2, 0.25) is 0 Å². The molecule has 1 aromatic carbocycles. The van der Waals surface area contributed by atoms with Gasteiger partial charge in [-0.05, 0) is 19.4 Å². The van der Waals surface area contributed by atoms with E-state index < -0.39 is 0 Å². The summed E-state index contributed by atoms with van der Waals surface area (Å²) in [5.74, 6) is 0.898. The molecule has 0 fully saturated rings. The minimum Gasteiger partial charge on any atom is -0.383 e. The van der Waals surface area contributed by atoms with E-state index in [-0.39, 0.29) is 0 Å². The topological polar surface area (TPSA) is 39.1 Å². The van der Waals surface area contributed by atoms with E-state index in [1.54, 1.807) is 7.11 Å². The minimum atomic E-state index is 0.689. The van der Waals surface area contributed by atoms with Gasteiger partial charge in [0.2, 0.25) is 5.95 Å². The lowest BCUT2D eigenvalue weighted by molar-refractivity contribution is 0.187. The average molecular weight is 259 g/mol. The SMILES string of the molecule is COCCn1cc(C)nc1NCc1ccc(C)cc1. The molecule has 4 nitrogen and oxygen atoms in total. The van der Waals surface area contributed by atoms with Gasteiger partial charge in [-0.25, -0.2) is 4.98 Å². The number of nitrogens with one attached hydrogen (secondary N) is 1. The number of aryl methyl sites for hydroxylation is 2. The zero-order chi connectivity index (χ0) is 13.7. The van der Waals surface area contributed by atoms with Gasteiger partial charge in [-0.3, -0.25) is 0 Å². The van der Waals surface area contributed by atoms with Crippen LogP contribution < -0.4 is 5.32 Å². The van der Waals surface area contributed by atoms with E-state index in [9.17, 15) is 0 Å². The number of nitrogens with zero attached hydrogens (tertiary/aromatic N) is 2. The van der Waals surface area contributed by atoms with Crippen LogP contribution in [0.25, 0.3) is 0 Å². The van der Waals surface area contributed by atoms with Gasteiger partial charge in [0, 0.05) is 26.4 Å². The maximum absolute atomic E-state index is 5.11. The van der Waals surface area contributed by atoms with Crippen molar-refractivity contribution in [2.45, 2.75) is 26.9 Å². The van der Waals surface area contributed by atoms with Crippen molar-refractivity contribution < 1.29 is 4.74 Å². The fourth-order valence-electron chi connectivity index (χ4n) is 1.94. The number of hydrogen-bond acceptors (Lipinski definition) is 3. The van der Waals surface area contributed by atoms with Crippen molar-refractivity contribution in [2.75, 3.05) is 19.0 Å². The van der Waals surface area contributed by atoms with Crippen LogP contribution in [0.5, 0.6) is 0 Å². The first-order valence-electron chi connectivity index (χ1n) is 6.51. The second kappa shape index (κ2) is 6.38. The monoisotopic (exact) mass is 259 g/mol. The molecule has 102 valence electrons. The molecule has 0 amide bonds. The van der Waals surface area contributed by atoms with Crippen molar-refractivity contribution in [1.82, 2.24) is 9.55 Å². The van der Waals surface area contributed by atoms with Crippen LogP contribution in [0.15, 0.2) is 30.5 Å². The van der Waals surface area contributed by atoms with Gasteiger partial charge in [0.05, 0.1) is 12.3 Å². The highest BCUT2D eigenvalue weighted by Crippen LogP contribution is 2.11. The van der Waals surface area contributed by atoms with E-state index in [2.05, 4.69) is 46.1 Å². The van der Waals surface area contributed by atoms with Crippen molar-refractivity contribution in [3.63, 3.8) is 0 Å². The third-order valence-corrected chi connectivity index (χ3v) is 3.00. The number of ether oxygens (including phenoxy) is 1. The summed E-state index contributed by atoms with van der Waals surface area (Å²) >= 11 is 0. The molecule has 4 heteroatoms. The summed E-state index contributed by atoms with van der Waals surface area (Å²) < 4.78 is 7.20. The number of imidazole rings is 1. The van der Waals surface area contributed by atoms with Crippen molar-refractivity contribution in [2.24, 2.45) is 0 Å². The van der Waals surface area contributed by atoms with Crippen molar-refractivity contribution in [1.29, 1.82) is 0 Å². The summed E-state index contributed by atoms with van der Waals surface area (Å²) in [7, 11) is 1.71. The number of hydrogen-bond donors (Lipinski definition) is 1. The molecule has 2 aromatic rings. The largest absolute Gasteiger partial charge is 0.383 e. The molecule has 1 N–H and O–H groups in total. The zero-order valence-electron chi connectivity index (χ0n) is 11.8. The van der Waals surface area contributed by atoms with Gasteiger partial charge in [-0.2, -0.15) is 0 Å². The Morgan fingerprint density at radius 2 is 1.95 bits per heavy atom. The molecule has 1 heterocycles. The van der Waals surface area contributed by atoms with Crippen LogP contribution in [-0.4, -0.2) is 23.3 Å². The number of anilines is 1. The van der Waals surface area contributed by atoms with Crippen LogP contribution in [0, 0.1) is 13.8 Å². The molecule has 0 aliphatic rings. The van der Waals surface area contributed by atoms with Crippen LogP contribution in [0.3, 0.4) is 0 Å². The lowest BCUT2D eigenvalue weighted by Gasteiger charge is -2.09. The standard InChI is InChI=1S/C15H21N3O/c1-12-4-6-14(7-5-12)10-16-15-17-13(2)11-18(15)8-9-19-3/h4-7,11H,8-10H2,1-3H3,(H,16,17). The number of benzene rings is 1. The van der Waals surface area contributed by atoms with Gasteiger partial charge >= 0.3 is 0 Å². The van der Waals surface area contributed by atoms with Gasteiger partial charge in [0.25, 0.3) is 0 Å². The highest BCUT2D eigenvalue weighted by molar-refractivity contribution is 5.31.